The van der Waals surface area contributed by atoms with Gasteiger partial charge in [-0.05, 0) is 0 Å². The number of methoxy groups -OCH3 is 1. The van der Waals surface area contributed by atoms with Gasteiger partial charge in [-0.1, -0.05) is 0 Å². The van der Waals surface area contributed by atoms with Gasteiger partial charge in [-0.3, -0.25) is 0 Å². The van der Waals surface area contributed by atoms with E-state index in [1.807, 2.05) is 0 Å². The number of halogens is 4. The van der Waals surface area contributed by atoms with Crippen molar-refractivity contribution in [1.29, 1.82) is 0 Å². The molecular weight excluding hydrogens is 512 g/mol. The van der Waals surface area contributed by atoms with Gasteiger partial charge in [-0.15, -0.1) is 0 Å². The summed E-state index contributed by atoms with van der Waals surface area (Å²) in [5.74, 6) is 0.839. The SMILES string of the molecule is COc1ccc(I(OS(=O)(=O)C(F)(F)F)c2cccc(CN=C(C)N)c2)cc1. The van der Waals surface area contributed by atoms with Gasteiger partial charge in [0.25, 0.3) is 0 Å². The first-order valence-corrected chi connectivity index (χ1v) is 12.2. The Morgan fingerprint density at radius 2 is 1.79 bits per heavy atom. The third-order valence-electron chi connectivity index (χ3n) is 3.28. The van der Waals surface area contributed by atoms with Crippen molar-refractivity contribution >= 4 is 36.2 Å². The fraction of sp³-hybridized carbons (Fsp3) is 0.235. The van der Waals surface area contributed by atoms with E-state index in [0.29, 0.717) is 24.3 Å². The summed E-state index contributed by atoms with van der Waals surface area (Å²) in [6.45, 7) is 1.83. The second kappa shape index (κ2) is 9.09. The van der Waals surface area contributed by atoms with Crippen LogP contribution in [0.3, 0.4) is 0 Å². The van der Waals surface area contributed by atoms with Crippen molar-refractivity contribution in [3.63, 3.8) is 0 Å². The van der Waals surface area contributed by atoms with Crippen molar-refractivity contribution in [1.82, 2.24) is 0 Å². The van der Waals surface area contributed by atoms with Crippen molar-refractivity contribution in [2.75, 3.05) is 7.11 Å². The summed E-state index contributed by atoms with van der Waals surface area (Å²) in [5, 5.41) is 0. The van der Waals surface area contributed by atoms with Crippen LogP contribution < -0.4 is 10.5 Å². The van der Waals surface area contributed by atoms with Crippen molar-refractivity contribution in [3.8, 4) is 5.75 Å². The first kappa shape index (κ1) is 22.4. The minimum absolute atomic E-state index is 0.217. The topological polar surface area (TPSA) is 91.0 Å². The average Bonchev–Trinajstić information content (AvgIpc) is 2.64. The Labute approximate surface area is 168 Å². The van der Waals surface area contributed by atoms with Crippen LogP contribution in [-0.2, 0) is 19.2 Å². The number of hydrogen-bond donors (Lipinski definition) is 1. The number of nitrogens with zero attached hydrogens (tertiary/aromatic N) is 1. The van der Waals surface area contributed by atoms with Gasteiger partial charge in [0, 0.05) is 0 Å². The molecule has 0 saturated heterocycles. The molecule has 2 aromatic rings. The zero-order chi connectivity index (χ0) is 20.9. The zero-order valence-electron chi connectivity index (χ0n) is 14.9. The van der Waals surface area contributed by atoms with Gasteiger partial charge in [0.2, 0.25) is 0 Å². The van der Waals surface area contributed by atoms with Crippen molar-refractivity contribution < 1.29 is 28.8 Å². The van der Waals surface area contributed by atoms with Crippen LogP contribution in [0, 0.1) is 7.14 Å². The number of hydrogen-bond acceptors (Lipinski definition) is 5. The van der Waals surface area contributed by atoms with Crippen molar-refractivity contribution in [2.24, 2.45) is 10.7 Å². The number of aliphatic imine (C=N–C) groups is 1. The Hall–Kier alpha value is -1.86. The van der Waals surface area contributed by atoms with Crippen LogP contribution in [0.4, 0.5) is 13.2 Å². The molecule has 0 heterocycles. The van der Waals surface area contributed by atoms with Gasteiger partial charge >= 0.3 is 169 Å². The maximum absolute atomic E-state index is 12.9. The number of alkyl halides is 3. The van der Waals surface area contributed by atoms with Crippen molar-refractivity contribution in [3.05, 3.63) is 61.2 Å². The summed E-state index contributed by atoms with van der Waals surface area (Å²) in [5.41, 5.74) is 0.673. The standard InChI is InChI=1S/C17H18F3IN2O4S/c1-12(22)23-11-13-4-3-5-15(10-13)21(27-28(24,25)17(18,19)20)14-6-8-16(26-2)9-7-14/h3-10H,11H2,1-2H3,(H2,22,23). The molecule has 11 heteroatoms. The van der Waals surface area contributed by atoms with Gasteiger partial charge in [0.05, 0.1) is 0 Å². The molecular formula is C17H18F3IN2O4S. The second-order valence-electron chi connectivity index (χ2n) is 5.46. The molecule has 0 aromatic heterocycles. The third kappa shape index (κ3) is 5.82. The molecule has 0 saturated carbocycles. The summed E-state index contributed by atoms with van der Waals surface area (Å²) < 4.78 is 72.5. The summed E-state index contributed by atoms with van der Waals surface area (Å²) in [6.07, 6.45) is 0. The first-order valence-electron chi connectivity index (χ1n) is 7.74. The molecule has 0 aliphatic heterocycles. The number of nitrogens with two attached hydrogens (primary N) is 1. The Morgan fingerprint density at radius 1 is 1.14 bits per heavy atom. The van der Waals surface area contributed by atoms with E-state index in [2.05, 4.69) is 4.99 Å². The molecule has 28 heavy (non-hydrogen) atoms. The van der Waals surface area contributed by atoms with E-state index in [-0.39, 0.29) is 6.54 Å². The van der Waals surface area contributed by atoms with E-state index >= 15 is 0 Å². The van der Waals surface area contributed by atoms with E-state index in [1.54, 1.807) is 31.2 Å². The fourth-order valence-electron chi connectivity index (χ4n) is 1.96. The number of amidine groups is 1. The van der Waals surface area contributed by atoms with Crippen LogP contribution in [-0.4, -0.2) is 26.9 Å². The quantitative estimate of drug-likeness (QED) is 0.254. The molecule has 6 nitrogen and oxygen atoms in total. The predicted molar refractivity (Wildman–Crippen MR) is 108 cm³/mol. The molecule has 0 radical (unpaired) electrons. The predicted octanol–water partition coefficient (Wildman–Crippen LogP) is 3.90. The van der Waals surface area contributed by atoms with Crippen LogP contribution in [0.5, 0.6) is 5.75 Å². The van der Waals surface area contributed by atoms with E-state index in [9.17, 15) is 21.6 Å². The molecule has 2 aromatic carbocycles. The zero-order valence-corrected chi connectivity index (χ0v) is 17.9. The van der Waals surface area contributed by atoms with Crippen LogP contribution in [0.1, 0.15) is 12.5 Å². The number of ether oxygens (including phenoxy) is 1. The normalized spacial score (nSPS) is 13.3. The van der Waals surface area contributed by atoms with Crippen molar-refractivity contribution in [2.45, 2.75) is 19.0 Å². The summed E-state index contributed by atoms with van der Waals surface area (Å²) in [6, 6.07) is 12.6. The van der Waals surface area contributed by atoms with E-state index in [4.69, 9.17) is 13.0 Å². The molecule has 0 bridgehead atoms. The Balaban J connectivity index is 2.49. The molecule has 0 amide bonds. The van der Waals surface area contributed by atoms with Gasteiger partial charge < -0.3 is 0 Å². The fourth-order valence-corrected chi connectivity index (χ4v) is 8.57. The van der Waals surface area contributed by atoms with Crippen LogP contribution in [0.15, 0.2) is 53.5 Å². The van der Waals surface area contributed by atoms with Crippen LogP contribution >= 0.6 is 20.2 Å². The second-order valence-corrected chi connectivity index (χ2v) is 11.9. The van der Waals surface area contributed by atoms with E-state index in [0.717, 1.165) is 0 Å². The van der Waals surface area contributed by atoms with Crippen LogP contribution in [0.2, 0.25) is 0 Å². The molecule has 0 unspecified atom stereocenters. The third-order valence-corrected chi connectivity index (χ3v) is 10.3. The van der Waals surface area contributed by atoms with Crippen LogP contribution in [0.25, 0.3) is 0 Å². The molecule has 154 valence electrons. The summed E-state index contributed by atoms with van der Waals surface area (Å²) in [7, 11) is -4.31. The Morgan fingerprint density at radius 3 is 2.32 bits per heavy atom. The van der Waals surface area contributed by atoms with Gasteiger partial charge in [0.15, 0.2) is 0 Å². The number of benzene rings is 2. The van der Waals surface area contributed by atoms with Gasteiger partial charge in [-0.2, -0.15) is 0 Å². The van der Waals surface area contributed by atoms with E-state index < -0.39 is 35.9 Å². The van der Waals surface area contributed by atoms with Gasteiger partial charge in [-0.25, -0.2) is 0 Å². The van der Waals surface area contributed by atoms with Gasteiger partial charge in [0.1, 0.15) is 0 Å². The molecule has 2 N–H and O–H groups in total. The molecule has 0 aliphatic carbocycles. The average molecular weight is 530 g/mol. The van der Waals surface area contributed by atoms with E-state index in [1.165, 1.54) is 31.4 Å². The molecule has 2 rings (SSSR count). The minimum atomic E-state index is -5.76. The maximum atomic E-state index is 12.9. The molecule has 0 fully saturated rings. The Kier molecular flexibility index (Phi) is 7.28. The molecule has 0 aliphatic rings. The molecule has 0 atom stereocenters. The monoisotopic (exact) mass is 530 g/mol. The summed E-state index contributed by atoms with van der Waals surface area (Å²) in [4.78, 5) is 4.06. The first-order chi connectivity index (χ1) is 13.0. The molecule has 0 spiro atoms. The summed E-state index contributed by atoms with van der Waals surface area (Å²) >= 11 is -3.45. The Bertz CT molecular complexity index is 944. The number of rotatable bonds is 7.